The molecule has 9 heteroatoms. The van der Waals surface area contributed by atoms with Crippen LogP contribution in [0.2, 0.25) is 0 Å². The van der Waals surface area contributed by atoms with E-state index in [4.69, 9.17) is 14.2 Å². The van der Waals surface area contributed by atoms with Crippen molar-refractivity contribution in [3.05, 3.63) is 65.2 Å². The predicted octanol–water partition coefficient (Wildman–Crippen LogP) is 4.33. The molecule has 0 bridgehead atoms. The molecule has 0 aliphatic carbocycles. The Morgan fingerprint density at radius 1 is 1.00 bits per heavy atom. The number of esters is 1. The van der Waals surface area contributed by atoms with Crippen LogP contribution < -0.4 is 9.47 Å². The van der Waals surface area contributed by atoms with E-state index in [1.807, 2.05) is 0 Å². The number of hydrogen-bond acceptors (Lipinski definition) is 5. The number of halogens is 3. The minimum atomic E-state index is -4.46. The third kappa shape index (κ3) is 7.04. The number of nitrogens with zero attached hydrogens (tertiary/aromatic N) is 1. The third-order valence-electron chi connectivity index (χ3n) is 4.42. The highest BCUT2D eigenvalue weighted by molar-refractivity contribution is 5.93. The van der Waals surface area contributed by atoms with E-state index < -0.39 is 23.6 Å². The van der Waals surface area contributed by atoms with Gasteiger partial charge in [0.2, 0.25) is 5.91 Å². The quantitative estimate of drug-likeness (QED) is 0.420. The lowest BCUT2D eigenvalue weighted by Gasteiger charge is -2.20. The van der Waals surface area contributed by atoms with Gasteiger partial charge in [0.05, 0.1) is 26.4 Å². The summed E-state index contributed by atoms with van der Waals surface area (Å²) in [5.74, 6) is -0.113. The Kier molecular flexibility index (Phi) is 8.69. The first kappa shape index (κ1) is 24.8. The number of amides is 1. The minimum Gasteiger partial charge on any atom is -0.493 e. The molecule has 0 fully saturated rings. The van der Waals surface area contributed by atoms with Gasteiger partial charge in [-0.05, 0) is 48.4 Å². The maximum Gasteiger partial charge on any atom is 0.416 e. The van der Waals surface area contributed by atoms with E-state index in [0.717, 1.165) is 12.1 Å². The molecule has 0 aliphatic heterocycles. The smallest absolute Gasteiger partial charge is 0.416 e. The predicted molar refractivity (Wildman–Crippen MR) is 112 cm³/mol. The maximum absolute atomic E-state index is 12.8. The van der Waals surface area contributed by atoms with Gasteiger partial charge in [0.25, 0.3) is 0 Å². The summed E-state index contributed by atoms with van der Waals surface area (Å²) in [6, 6.07) is 9.48. The summed E-state index contributed by atoms with van der Waals surface area (Å²) >= 11 is 0. The topological polar surface area (TPSA) is 65.1 Å². The standard InChI is InChI=1S/C23H24F3NO5/c1-4-32-22(29)15-27(14-17-5-9-18(10-6-17)23(24,25)26)21(28)12-8-16-7-11-19(30-2)20(13-16)31-3/h5-13H,4,14-15H2,1-3H3/b12-8+. The molecule has 0 atom stereocenters. The molecule has 0 unspecified atom stereocenters. The van der Waals surface area contributed by atoms with E-state index in [0.29, 0.717) is 22.6 Å². The fraction of sp³-hybridized carbons (Fsp3) is 0.304. The first-order chi connectivity index (χ1) is 15.2. The monoisotopic (exact) mass is 451 g/mol. The summed E-state index contributed by atoms with van der Waals surface area (Å²) in [6.45, 7) is 1.37. The number of rotatable bonds is 9. The van der Waals surface area contributed by atoms with Crippen molar-refractivity contribution in [3.63, 3.8) is 0 Å². The third-order valence-corrected chi connectivity index (χ3v) is 4.42. The fourth-order valence-electron chi connectivity index (χ4n) is 2.82. The number of carbonyl (C=O) groups is 2. The van der Waals surface area contributed by atoms with Crippen LogP contribution in [0.1, 0.15) is 23.6 Å². The van der Waals surface area contributed by atoms with Crippen LogP contribution in [0.15, 0.2) is 48.5 Å². The first-order valence-corrected chi connectivity index (χ1v) is 9.68. The molecule has 2 rings (SSSR count). The van der Waals surface area contributed by atoms with Crippen LogP contribution in [-0.4, -0.2) is 44.1 Å². The highest BCUT2D eigenvalue weighted by Crippen LogP contribution is 2.29. The molecular weight excluding hydrogens is 427 g/mol. The Morgan fingerprint density at radius 2 is 1.66 bits per heavy atom. The Balaban J connectivity index is 2.20. The SMILES string of the molecule is CCOC(=O)CN(Cc1ccc(C(F)(F)F)cc1)C(=O)/C=C/c1ccc(OC)c(OC)c1. The molecule has 172 valence electrons. The van der Waals surface area contributed by atoms with Crippen molar-refractivity contribution in [3.8, 4) is 11.5 Å². The normalized spacial score (nSPS) is 11.3. The van der Waals surface area contributed by atoms with Crippen LogP contribution in [0.3, 0.4) is 0 Å². The van der Waals surface area contributed by atoms with Crippen molar-refractivity contribution in [2.45, 2.75) is 19.6 Å². The molecule has 0 heterocycles. The summed E-state index contributed by atoms with van der Waals surface area (Å²) in [6.07, 6.45) is -1.65. The molecule has 1 amide bonds. The van der Waals surface area contributed by atoms with E-state index in [1.165, 1.54) is 43.4 Å². The first-order valence-electron chi connectivity index (χ1n) is 9.68. The summed E-state index contributed by atoms with van der Waals surface area (Å²) in [4.78, 5) is 25.9. The van der Waals surface area contributed by atoms with Gasteiger partial charge in [0.1, 0.15) is 6.54 Å². The summed E-state index contributed by atoms with van der Waals surface area (Å²) < 4.78 is 53.6. The molecule has 32 heavy (non-hydrogen) atoms. The van der Waals surface area contributed by atoms with Gasteiger partial charge < -0.3 is 19.1 Å². The number of methoxy groups -OCH3 is 2. The van der Waals surface area contributed by atoms with Crippen molar-refractivity contribution >= 4 is 18.0 Å². The van der Waals surface area contributed by atoms with Crippen molar-refractivity contribution in [1.82, 2.24) is 4.90 Å². The second-order valence-electron chi connectivity index (χ2n) is 6.64. The molecule has 2 aromatic rings. The number of carbonyl (C=O) groups excluding carboxylic acids is 2. The Labute approximate surface area is 184 Å². The van der Waals surface area contributed by atoms with Gasteiger partial charge in [0.15, 0.2) is 11.5 Å². The van der Waals surface area contributed by atoms with Crippen molar-refractivity contribution < 1.29 is 37.0 Å². The molecule has 0 N–H and O–H groups in total. The lowest BCUT2D eigenvalue weighted by Crippen LogP contribution is -2.35. The largest absolute Gasteiger partial charge is 0.493 e. The van der Waals surface area contributed by atoms with Crippen LogP contribution >= 0.6 is 0 Å². The van der Waals surface area contributed by atoms with Gasteiger partial charge in [-0.1, -0.05) is 18.2 Å². The highest BCUT2D eigenvalue weighted by atomic mass is 19.4. The average molecular weight is 451 g/mol. The molecule has 0 saturated carbocycles. The molecule has 0 spiro atoms. The molecule has 0 aromatic heterocycles. The van der Waals surface area contributed by atoms with Crippen LogP contribution in [0.25, 0.3) is 6.08 Å². The van der Waals surface area contributed by atoms with Crippen molar-refractivity contribution in [2.75, 3.05) is 27.4 Å². The van der Waals surface area contributed by atoms with Crippen molar-refractivity contribution in [1.29, 1.82) is 0 Å². The molecule has 6 nitrogen and oxygen atoms in total. The molecular formula is C23H24F3NO5. The van der Waals surface area contributed by atoms with E-state index in [9.17, 15) is 22.8 Å². The van der Waals surface area contributed by atoms with Gasteiger partial charge in [-0.15, -0.1) is 0 Å². The number of ether oxygens (including phenoxy) is 3. The second kappa shape index (κ2) is 11.2. The van der Waals surface area contributed by atoms with Gasteiger partial charge in [-0.3, -0.25) is 9.59 Å². The van der Waals surface area contributed by atoms with Crippen LogP contribution in [0.5, 0.6) is 11.5 Å². The van der Waals surface area contributed by atoms with Gasteiger partial charge >= 0.3 is 12.1 Å². The van der Waals surface area contributed by atoms with E-state index in [-0.39, 0.29) is 19.7 Å². The molecule has 0 saturated heterocycles. The number of alkyl halides is 3. The van der Waals surface area contributed by atoms with Crippen LogP contribution in [0, 0.1) is 0 Å². The van der Waals surface area contributed by atoms with Crippen molar-refractivity contribution in [2.24, 2.45) is 0 Å². The van der Waals surface area contributed by atoms with E-state index in [1.54, 1.807) is 25.1 Å². The number of benzene rings is 2. The summed E-state index contributed by atoms with van der Waals surface area (Å²) in [5.41, 5.74) is 0.301. The van der Waals surface area contributed by atoms with Gasteiger partial charge in [0, 0.05) is 12.6 Å². The Hall–Kier alpha value is -3.49. The Morgan fingerprint density at radius 3 is 2.22 bits per heavy atom. The second-order valence-corrected chi connectivity index (χ2v) is 6.64. The van der Waals surface area contributed by atoms with Crippen LogP contribution in [-0.2, 0) is 27.0 Å². The minimum absolute atomic E-state index is 0.0634. The van der Waals surface area contributed by atoms with Gasteiger partial charge in [-0.2, -0.15) is 13.2 Å². The lowest BCUT2D eigenvalue weighted by atomic mass is 10.1. The zero-order chi connectivity index (χ0) is 23.7. The fourth-order valence-corrected chi connectivity index (χ4v) is 2.82. The highest BCUT2D eigenvalue weighted by Gasteiger charge is 2.30. The zero-order valence-electron chi connectivity index (χ0n) is 17.9. The van der Waals surface area contributed by atoms with E-state index in [2.05, 4.69) is 0 Å². The molecule has 0 radical (unpaired) electrons. The maximum atomic E-state index is 12.8. The molecule has 2 aromatic carbocycles. The summed E-state index contributed by atoms with van der Waals surface area (Å²) in [7, 11) is 2.99. The Bertz CT molecular complexity index is 955. The zero-order valence-corrected chi connectivity index (χ0v) is 17.9. The van der Waals surface area contributed by atoms with Gasteiger partial charge in [-0.25, -0.2) is 0 Å². The lowest BCUT2D eigenvalue weighted by molar-refractivity contribution is -0.148. The summed E-state index contributed by atoms with van der Waals surface area (Å²) in [5, 5.41) is 0. The number of hydrogen-bond donors (Lipinski definition) is 0. The average Bonchev–Trinajstić information content (AvgIpc) is 2.76. The van der Waals surface area contributed by atoms with Crippen LogP contribution in [0.4, 0.5) is 13.2 Å². The van der Waals surface area contributed by atoms with E-state index >= 15 is 0 Å². The molecule has 0 aliphatic rings.